The average molecular weight is 494 g/mol. The van der Waals surface area contributed by atoms with Crippen LogP contribution in [0.25, 0.3) is 5.69 Å². The van der Waals surface area contributed by atoms with Crippen LogP contribution >= 0.6 is 15.9 Å². The van der Waals surface area contributed by atoms with E-state index in [2.05, 4.69) is 15.9 Å². The zero-order valence-electron chi connectivity index (χ0n) is 15.9. The fraction of sp³-hybridized carbons (Fsp3) is 0.0952. The Kier molecular flexibility index (Phi) is 6.21. The van der Waals surface area contributed by atoms with E-state index in [1.54, 1.807) is 0 Å². The Labute approximate surface area is 182 Å². The Morgan fingerprint density at radius 1 is 1.06 bits per heavy atom. The molecule has 10 heteroatoms. The van der Waals surface area contributed by atoms with Crippen molar-refractivity contribution in [3.63, 3.8) is 0 Å². The molecule has 0 aliphatic carbocycles. The molecule has 3 aromatic rings. The number of benzene rings is 2. The van der Waals surface area contributed by atoms with E-state index >= 15 is 0 Å². The first-order valence-electron chi connectivity index (χ1n) is 8.70. The van der Waals surface area contributed by atoms with Crippen LogP contribution in [0.3, 0.4) is 0 Å². The van der Waals surface area contributed by atoms with Gasteiger partial charge < -0.3 is 14.9 Å². The van der Waals surface area contributed by atoms with E-state index in [4.69, 9.17) is 9.84 Å². The molecule has 2 N–H and O–H groups in total. The molecule has 7 nitrogen and oxygen atoms in total. The number of carbonyl (C=O) groups is 2. The Morgan fingerprint density at radius 2 is 1.77 bits per heavy atom. The van der Waals surface area contributed by atoms with Gasteiger partial charge in [-0.3, -0.25) is 9.36 Å². The van der Waals surface area contributed by atoms with Crippen LogP contribution in [0.1, 0.15) is 32.0 Å². The third-order valence-electron chi connectivity index (χ3n) is 4.41. The van der Waals surface area contributed by atoms with Gasteiger partial charge in [0, 0.05) is 23.4 Å². The Hall–Kier alpha value is -3.53. The van der Waals surface area contributed by atoms with Crippen molar-refractivity contribution in [1.82, 2.24) is 4.57 Å². The minimum Gasteiger partial charge on any atom is -0.487 e. The highest BCUT2D eigenvalue weighted by atomic mass is 79.9. The lowest BCUT2D eigenvalue weighted by molar-refractivity contribution is 0.0695. The second-order valence-electron chi connectivity index (χ2n) is 6.47. The highest BCUT2D eigenvalue weighted by molar-refractivity contribution is 9.10. The Morgan fingerprint density at radius 3 is 2.39 bits per heavy atom. The van der Waals surface area contributed by atoms with Crippen molar-refractivity contribution in [2.45, 2.75) is 13.5 Å². The van der Waals surface area contributed by atoms with E-state index in [-0.39, 0.29) is 44.9 Å². The first-order chi connectivity index (χ1) is 14.6. The van der Waals surface area contributed by atoms with Crippen LogP contribution in [0.2, 0.25) is 0 Å². The molecule has 31 heavy (non-hydrogen) atoms. The van der Waals surface area contributed by atoms with Crippen molar-refractivity contribution in [3.05, 3.63) is 91.3 Å². The minimum absolute atomic E-state index is 0.0307. The molecular weight excluding hydrogens is 480 g/mol. The first kappa shape index (κ1) is 22.2. The number of hydrogen-bond donors (Lipinski definition) is 2. The van der Waals surface area contributed by atoms with E-state index in [0.717, 1.165) is 16.7 Å². The predicted octanol–water partition coefficient (Wildman–Crippen LogP) is 4.16. The number of halogens is 3. The Bertz CT molecular complexity index is 1270. The first-order valence-corrected chi connectivity index (χ1v) is 9.49. The maximum atomic E-state index is 13.8. The molecular formula is C21H14BrF2NO6. The molecule has 0 unspecified atom stereocenters. The van der Waals surface area contributed by atoms with Crippen LogP contribution in [0.15, 0.2) is 51.7 Å². The van der Waals surface area contributed by atoms with Crippen molar-refractivity contribution in [2.75, 3.05) is 0 Å². The molecule has 0 atom stereocenters. The van der Waals surface area contributed by atoms with Crippen LogP contribution < -0.4 is 10.3 Å². The number of pyridine rings is 1. The van der Waals surface area contributed by atoms with Crippen LogP contribution in [0.4, 0.5) is 8.78 Å². The van der Waals surface area contributed by atoms with Crippen molar-refractivity contribution in [2.24, 2.45) is 0 Å². The summed E-state index contributed by atoms with van der Waals surface area (Å²) in [5.74, 6) is -4.18. The van der Waals surface area contributed by atoms with Gasteiger partial charge in [-0.1, -0.05) is 0 Å². The van der Waals surface area contributed by atoms with Gasteiger partial charge in [-0.2, -0.15) is 0 Å². The summed E-state index contributed by atoms with van der Waals surface area (Å²) in [6.07, 6.45) is 0. The quantitative estimate of drug-likeness (QED) is 0.533. The molecule has 1 aromatic heterocycles. The van der Waals surface area contributed by atoms with Gasteiger partial charge in [-0.05, 0) is 53.2 Å². The molecule has 160 valence electrons. The third kappa shape index (κ3) is 4.48. The average Bonchev–Trinajstić information content (AvgIpc) is 2.70. The lowest BCUT2D eigenvalue weighted by Crippen LogP contribution is -2.24. The number of aromatic carboxylic acids is 2. The monoisotopic (exact) mass is 493 g/mol. The second kappa shape index (κ2) is 8.68. The summed E-state index contributed by atoms with van der Waals surface area (Å²) in [5.41, 5.74) is -0.955. The zero-order valence-corrected chi connectivity index (χ0v) is 17.4. The molecule has 0 spiro atoms. The van der Waals surface area contributed by atoms with Crippen molar-refractivity contribution < 1.29 is 33.3 Å². The highest BCUT2D eigenvalue weighted by Gasteiger charge is 2.20. The van der Waals surface area contributed by atoms with E-state index in [9.17, 15) is 28.3 Å². The number of nitrogens with zero attached hydrogens (tertiary/aromatic N) is 1. The molecule has 0 aliphatic rings. The summed E-state index contributed by atoms with van der Waals surface area (Å²) in [6, 6.07) is 7.81. The molecule has 0 saturated heterocycles. The van der Waals surface area contributed by atoms with Crippen molar-refractivity contribution in [1.29, 1.82) is 0 Å². The van der Waals surface area contributed by atoms with Gasteiger partial charge in [0.05, 0.1) is 16.8 Å². The lowest BCUT2D eigenvalue weighted by Gasteiger charge is -2.16. The summed E-state index contributed by atoms with van der Waals surface area (Å²) >= 11 is 3.11. The molecule has 0 bridgehead atoms. The number of hydrogen-bond acceptors (Lipinski definition) is 4. The van der Waals surface area contributed by atoms with Crippen LogP contribution in [0, 0.1) is 18.6 Å². The Balaban J connectivity index is 2.04. The maximum absolute atomic E-state index is 13.8. The number of ether oxygens (including phenoxy) is 1. The smallest absolute Gasteiger partial charge is 0.337 e. The number of rotatable bonds is 6. The van der Waals surface area contributed by atoms with Crippen molar-refractivity contribution >= 4 is 27.9 Å². The molecule has 0 amide bonds. The minimum atomic E-state index is -1.41. The molecule has 3 rings (SSSR count). The van der Waals surface area contributed by atoms with E-state index < -0.39 is 29.1 Å². The van der Waals surface area contributed by atoms with Gasteiger partial charge in [0.2, 0.25) is 0 Å². The van der Waals surface area contributed by atoms with Gasteiger partial charge in [-0.25, -0.2) is 18.4 Å². The largest absolute Gasteiger partial charge is 0.487 e. The number of carboxylic acid groups (broad SMARTS) is 2. The summed E-state index contributed by atoms with van der Waals surface area (Å²) in [4.78, 5) is 35.7. The van der Waals surface area contributed by atoms with E-state index in [1.807, 2.05) is 0 Å². The topological polar surface area (TPSA) is 106 Å². The van der Waals surface area contributed by atoms with Crippen LogP contribution in [-0.4, -0.2) is 26.7 Å². The molecule has 0 aliphatic heterocycles. The van der Waals surface area contributed by atoms with E-state index in [1.165, 1.54) is 31.2 Å². The third-order valence-corrected chi connectivity index (χ3v) is 5.14. The lowest BCUT2D eigenvalue weighted by atomic mass is 10.1. The fourth-order valence-electron chi connectivity index (χ4n) is 2.92. The van der Waals surface area contributed by atoms with Crippen LogP contribution in [0.5, 0.6) is 5.75 Å². The SMILES string of the molecule is Cc1cc(OCc2ccc(F)cc2F)c(Br)c(=O)n1-c1ccc(C(=O)O)cc1C(=O)O. The summed E-state index contributed by atoms with van der Waals surface area (Å²) in [5, 5.41) is 18.6. The number of aromatic nitrogens is 1. The summed E-state index contributed by atoms with van der Waals surface area (Å²) in [6.45, 7) is 1.25. The van der Waals surface area contributed by atoms with Gasteiger partial charge in [0.15, 0.2) is 0 Å². The number of aryl methyl sites for hydroxylation is 1. The molecule has 0 saturated carbocycles. The normalized spacial score (nSPS) is 10.7. The van der Waals surface area contributed by atoms with Gasteiger partial charge in [0.1, 0.15) is 28.5 Å². The summed E-state index contributed by atoms with van der Waals surface area (Å²) in [7, 11) is 0. The standard InChI is InChI=1S/C21H14BrF2NO6/c1-10-6-17(31-9-12-2-4-13(23)8-15(12)24)18(22)19(26)25(10)16-5-3-11(20(27)28)7-14(16)21(29)30/h2-8H,9H2,1H3,(H,27,28)(H,29,30). The van der Waals surface area contributed by atoms with Gasteiger partial charge in [0.25, 0.3) is 5.56 Å². The van der Waals surface area contributed by atoms with Gasteiger partial charge >= 0.3 is 11.9 Å². The molecule has 2 aromatic carbocycles. The molecule has 0 fully saturated rings. The second-order valence-corrected chi connectivity index (χ2v) is 7.26. The maximum Gasteiger partial charge on any atom is 0.337 e. The molecule has 0 radical (unpaired) electrons. The summed E-state index contributed by atoms with van der Waals surface area (Å²) < 4.78 is 33.4. The predicted molar refractivity (Wildman–Crippen MR) is 109 cm³/mol. The highest BCUT2D eigenvalue weighted by Crippen LogP contribution is 2.27. The van der Waals surface area contributed by atoms with Gasteiger partial charge in [-0.15, -0.1) is 0 Å². The van der Waals surface area contributed by atoms with Crippen LogP contribution in [-0.2, 0) is 6.61 Å². The van der Waals surface area contributed by atoms with Crippen molar-refractivity contribution in [3.8, 4) is 11.4 Å². The van der Waals surface area contributed by atoms with E-state index in [0.29, 0.717) is 6.07 Å². The zero-order chi connectivity index (χ0) is 22.9. The number of carboxylic acids is 2. The fourth-order valence-corrected chi connectivity index (χ4v) is 3.32. The molecule has 1 heterocycles.